The average Bonchev–Trinajstić information content (AvgIpc) is 3.33. The third-order valence-electron chi connectivity index (χ3n) is 4.11. The number of nitrogens with zero attached hydrogens (tertiary/aromatic N) is 6. The van der Waals surface area contributed by atoms with Crippen LogP contribution in [0.25, 0.3) is 11.4 Å². The molecule has 2 heterocycles. The second-order valence-corrected chi connectivity index (χ2v) is 7.27. The standard InChI is InChI=1S/C19H18N6S2/c1-26-18-22-20-16(24(18)14-9-5-3-6-10-14)13-17-21-23-19(27-2)25(17)15-11-7-4-8-12-15/h3-12H,13H2,1-2H3. The van der Waals surface area contributed by atoms with E-state index < -0.39 is 0 Å². The van der Waals surface area contributed by atoms with Crippen LogP contribution < -0.4 is 0 Å². The predicted molar refractivity (Wildman–Crippen MR) is 109 cm³/mol. The molecule has 4 aromatic rings. The van der Waals surface area contributed by atoms with Crippen molar-refractivity contribution in [3.8, 4) is 11.4 Å². The van der Waals surface area contributed by atoms with Gasteiger partial charge in [0.05, 0.1) is 6.42 Å². The fraction of sp³-hybridized carbons (Fsp3) is 0.158. The molecule has 0 bridgehead atoms. The fourth-order valence-corrected chi connectivity index (χ4v) is 3.94. The lowest BCUT2D eigenvalue weighted by molar-refractivity contribution is 0.792. The van der Waals surface area contributed by atoms with Gasteiger partial charge in [-0.3, -0.25) is 9.13 Å². The highest BCUT2D eigenvalue weighted by Gasteiger charge is 2.19. The molecule has 0 fully saturated rings. The Hall–Kier alpha value is -2.58. The molecule has 2 aromatic heterocycles. The topological polar surface area (TPSA) is 61.4 Å². The van der Waals surface area contributed by atoms with Crippen LogP contribution in [-0.4, -0.2) is 42.0 Å². The Morgan fingerprint density at radius 3 is 1.41 bits per heavy atom. The zero-order valence-corrected chi connectivity index (χ0v) is 16.6. The molecule has 8 heteroatoms. The maximum Gasteiger partial charge on any atom is 0.195 e. The minimum Gasteiger partial charge on any atom is -0.274 e. The van der Waals surface area contributed by atoms with Gasteiger partial charge in [-0.05, 0) is 36.8 Å². The summed E-state index contributed by atoms with van der Waals surface area (Å²) in [5.41, 5.74) is 2.08. The number of benzene rings is 2. The Balaban J connectivity index is 1.79. The van der Waals surface area contributed by atoms with Gasteiger partial charge in [-0.2, -0.15) is 0 Å². The molecular formula is C19H18N6S2. The number of para-hydroxylation sites is 2. The first kappa shape index (κ1) is 17.8. The molecule has 0 spiro atoms. The summed E-state index contributed by atoms with van der Waals surface area (Å²) in [7, 11) is 0. The lowest BCUT2D eigenvalue weighted by Crippen LogP contribution is -2.08. The van der Waals surface area contributed by atoms with E-state index >= 15 is 0 Å². The molecule has 27 heavy (non-hydrogen) atoms. The smallest absolute Gasteiger partial charge is 0.195 e. The zero-order valence-electron chi connectivity index (χ0n) is 15.0. The molecule has 0 aliphatic heterocycles. The lowest BCUT2D eigenvalue weighted by atomic mass is 10.3. The Morgan fingerprint density at radius 1 is 0.630 bits per heavy atom. The van der Waals surface area contributed by atoms with Crippen molar-refractivity contribution in [3.05, 3.63) is 72.3 Å². The van der Waals surface area contributed by atoms with Gasteiger partial charge in [-0.1, -0.05) is 59.9 Å². The van der Waals surface area contributed by atoms with E-state index in [0.717, 1.165) is 33.3 Å². The third kappa shape index (κ3) is 3.50. The van der Waals surface area contributed by atoms with E-state index in [9.17, 15) is 0 Å². The summed E-state index contributed by atoms with van der Waals surface area (Å²) >= 11 is 3.15. The van der Waals surface area contributed by atoms with E-state index in [-0.39, 0.29) is 0 Å². The first-order valence-corrected chi connectivity index (χ1v) is 10.8. The van der Waals surface area contributed by atoms with Crippen LogP contribution in [0.2, 0.25) is 0 Å². The summed E-state index contributed by atoms with van der Waals surface area (Å²) in [6.45, 7) is 0. The maximum absolute atomic E-state index is 4.43. The molecule has 6 nitrogen and oxygen atoms in total. The summed E-state index contributed by atoms with van der Waals surface area (Å²) in [5.74, 6) is 1.67. The number of thioether (sulfide) groups is 2. The van der Waals surface area contributed by atoms with Gasteiger partial charge in [0, 0.05) is 11.4 Å². The van der Waals surface area contributed by atoms with Crippen LogP contribution >= 0.6 is 23.5 Å². The van der Waals surface area contributed by atoms with E-state index in [2.05, 4.69) is 53.8 Å². The van der Waals surface area contributed by atoms with Crippen molar-refractivity contribution in [2.75, 3.05) is 12.5 Å². The summed E-state index contributed by atoms with van der Waals surface area (Å²) in [6.07, 6.45) is 4.54. The predicted octanol–water partition coefficient (Wildman–Crippen LogP) is 3.88. The monoisotopic (exact) mass is 394 g/mol. The van der Waals surface area contributed by atoms with Gasteiger partial charge in [-0.15, -0.1) is 20.4 Å². The van der Waals surface area contributed by atoms with Crippen LogP contribution in [-0.2, 0) is 6.42 Å². The van der Waals surface area contributed by atoms with Crippen molar-refractivity contribution < 1.29 is 0 Å². The molecule has 0 aliphatic rings. The Bertz CT molecular complexity index is 943. The molecule has 4 rings (SSSR count). The van der Waals surface area contributed by atoms with Gasteiger partial charge >= 0.3 is 0 Å². The van der Waals surface area contributed by atoms with E-state index in [1.54, 1.807) is 23.5 Å². The lowest BCUT2D eigenvalue weighted by Gasteiger charge is -2.11. The molecule has 0 atom stereocenters. The van der Waals surface area contributed by atoms with Gasteiger partial charge in [0.1, 0.15) is 11.6 Å². The van der Waals surface area contributed by atoms with Gasteiger partial charge in [-0.25, -0.2) is 0 Å². The van der Waals surface area contributed by atoms with Crippen molar-refractivity contribution in [3.63, 3.8) is 0 Å². The van der Waals surface area contributed by atoms with Crippen molar-refractivity contribution in [2.24, 2.45) is 0 Å². The SMILES string of the molecule is CSc1nnc(Cc2nnc(SC)n2-c2ccccc2)n1-c1ccccc1. The molecular weight excluding hydrogens is 376 g/mol. The molecule has 0 N–H and O–H groups in total. The molecule has 0 aliphatic carbocycles. The van der Waals surface area contributed by atoms with Gasteiger partial charge in [0.2, 0.25) is 0 Å². The van der Waals surface area contributed by atoms with E-state index in [4.69, 9.17) is 0 Å². The van der Waals surface area contributed by atoms with Crippen molar-refractivity contribution >= 4 is 23.5 Å². The molecule has 2 aromatic carbocycles. The highest BCUT2D eigenvalue weighted by Crippen LogP contribution is 2.24. The van der Waals surface area contributed by atoms with Crippen LogP contribution in [0.4, 0.5) is 0 Å². The van der Waals surface area contributed by atoms with Crippen LogP contribution in [0.5, 0.6) is 0 Å². The van der Waals surface area contributed by atoms with Crippen LogP contribution in [0.15, 0.2) is 71.0 Å². The van der Waals surface area contributed by atoms with E-state index in [1.807, 2.05) is 48.9 Å². The number of aromatic nitrogens is 6. The molecule has 136 valence electrons. The second-order valence-electron chi connectivity index (χ2n) is 5.72. The van der Waals surface area contributed by atoms with E-state index in [1.165, 1.54) is 0 Å². The maximum atomic E-state index is 4.43. The highest BCUT2D eigenvalue weighted by atomic mass is 32.2. The Kier molecular flexibility index (Phi) is 5.26. The van der Waals surface area contributed by atoms with Gasteiger partial charge in [0.25, 0.3) is 0 Å². The minimum absolute atomic E-state index is 0.533. The molecule has 0 amide bonds. The molecule has 0 unspecified atom stereocenters. The first-order chi connectivity index (χ1) is 13.3. The molecule has 0 saturated carbocycles. The summed E-state index contributed by atoms with van der Waals surface area (Å²) in [5, 5.41) is 19.3. The summed E-state index contributed by atoms with van der Waals surface area (Å²) < 4.78 is 4.15. The number of rotatable bonds is 6. The average molecular weight is 395 g/mol. The van der Waals surface area contributed by atoms with Gasteiger partial charge in [0.15, 0.2) is 10.3 Å². The normalized spacial score (nSPS) is 11.0. The quantitative estimate of drug-likeness (QED) is 0.463. The van der Waals surface area contributed by atoms with Crippen LogP contribution in [0.3, 0.4) is 0 Å². The second kappa shape index (κ2) is 7.98. The van der Waals surface area contributed by atoms with Crippen LogP contribution in [0.1, 0.15) is 11.6 Å². The van der Waals surface area contributed by atoms with E-state index in [0.29, 0.717) is 6.42 Å². The molecule has 0 radical (unpaired) electrons. The van der Waals surface area contributed by atoms with Crippen molar-refractivity contribution in [1.82, 2.24) is 29.5 Å². The van der Waals surface area contributed by atoms with Gasteiger partial charge < -0.3 is 0 Å². The fourth-order valence-electron chi connectivity index (χ4n) is 2.91. The van der Waals surface area contributed by atoms with Crippen molar-refractivity contribution in [2.45, 2.75) is 16.7 Å². The first-order valence-electron chi connectivity index (χ1n) is 8.39. The zero-order chi connectivity index (χ0) is 18.6. The number of hydrogen-bond donors (Lipinski definition) is 0. The highest BCUT2D eigenvalue weighted by molar-refractivity contribution is 7.98. The largest absolute Gasteiger partial charge is 0.274 e. The minimum atomic E-state index is 0.533. The summed E-state index contributed by atoms with van der Waals surface area (Å²) in [4.78, 5) is 0. The third-order valence-corrected chi connectivity index (χ3v) is 5.37. The Labute approximate surface area is 166 Å². The van der Waals surface area contributed by atoms with Crippen molar-refractivity contribution in [1.29, 1.82) is 0 Å². The molecule has 0 saturated heterocycles. The summed E-state index contributed by atoms with van der Waals surface area (Å²) in [6, 6.07) is 20.3. The number of hydrogen-bond acceptors (Lipinski definition) is 6. The van der Waals surface area contributed by atoms with Crippen LogP contribution in [0, 0.1) is 0 Å². The Morgan fingerprint density at radius 2 is 1.04 bits per heavy atom.